The molecule has 25 heavy (non-hydrogen) atoms. The van der Waals surface area contributed by atoms with Crippen molar-refractivity contribution >= 4 is 11.8 Å². The Bertz CT molecular complexity index is 781. The van der Waals surface area contributed by atoms with Crippen LogP contribution in [0.15, 0.2) is 12.1 Å². The molecule has 2 rings (SSSR count). The van der Waals surface area contributed by atoms with E-state index < -0.39 is 17.4 Å². The third-order valence-corrected chi connectivity index (χ3v) is 3.58. The maximum atomic E-state index is 14.3. The molecule has 2 aromatic rings. The van der Waals surface area contributed by atoms with Gasteiger partial charge < -0.3 is 16.2 Å². The molecule has 1 aromatic carbocycles. The topological polar surface area (TPSA) is 111 Å². The molecule has 4 N–H and O–H groups in total. The number of halogens is 2. The number of hydrogen-bond donors (Lipinski definition) is 2. The summed E-state index contributed by atoms with van der Waals surface area (Å²) in [7, 11) is 0. The van der Waals surface area contributed by atoms with Crippen LogP contribution in [0.1, 0.15) is 38.2 Å². The van der Waals surface area contributed by atoms with E-state index in [-0.39, 0.29) is 35.2 Å². The van der Waals surface area contributed by atoms with E-state index in [2.05, 4.69) is 16.9 Å². The lowest BCUT2D eigenvalue weighted by molar-refractivity contribution is 0.275. The molecule has 1 heterocycles. The highest BCUT2D eigenvalue weighted by Crippen LogP contribution is 2.31. The first-order valence-electron chi connectivity index (χ1n) is 7.93. The van der Waals surface area contributed by atoms with Crippen LogP contribution in [0.25, 0.3) is 11.3 Å². The van der Waals surface area contributed by atoms with Crippen molar-refractivity contribution in [2.45, 2.75) is 32.6 Å². The molecule has 1 aromatic heterocycles. The number of unbranched alkanes of at least 4 members (excludes halogenated alkanes) is 3. The van der Waals surface area contributed by atoms with Gasteiger partial charge >= 0.3 is 0 Å². The second kappa shape index (κ2) is 8.24. The maximum absolute atomic E-state index is 14.3. The molecule has 0 aliphatic heterocycles. The van der Waals surface area contributed by atoms with Crippen LogP contribution in [0, 0.1) is 23.0 Å². The molecule has 0 aliphatic carbocycles. The lowest BCUT2D eigenvalue weighted by Crippen LogP contribution is -2.06. The average molecular weight is 347 g/mol. The minimum absolute atomic E-state index is 0.0280. The second-order valence-electron chi connectivity index (χ2n) is 5.48. The average Bonchev–Trinajstić information content (AvgIpc) is 2.56. The number of anilines is 2. The van der Waals surface area contributed by atoms with Gasteiger partial charge in [0.25, 0.3) is 0 Å². The molecule has 0 spiro atoms. The van der Waals surface area contributed by atoms with Gasteiger partial charge in [-0.15, -0.1) is 0 Å². The van der Waals surface area contributed by atoms with E-state index in [1.807, 2.05) is 6.07 Å². The number of nitrogens with two attached hydrogens (primary N) is 2. The Kier molecular flexibility index (Phi) is 6.06. The molecule has 0 saturated carbocycles. The van der Waals surface area contributed by atoms with Crippen molar-refractivity contribution in [3.8, 4) is 23.1 Å². The van der Waals surface area contributed by atoms with Crippen LogP contribution in [-0.2, 0) is 0 Å². The van der Waals surface area contributed by atoms with Gasteiger partial charge in [0.15, 0.2) is 17.4 Å². The van der Waals surface area contributed by atoms with Gasteiger partial charge in [-0.2, -0.15) is 10.2 Å². The zero-order valence-electron chi connectivity index (χ0n) is 13.9. The van der Waals surface area contributed by atoms with Crippen molar-refractivity contribution < 1.29 is 13.5 Å². The summed E-state index contributed by atoms with van der Waals surface area (Å²) in [4.78, 5) is 7.54. The van der Waals surface area contributed by atoms with E-state index >= 15 is 0 Å². The van der Waals surface area contributed by atoms with Gasteiger partial charge in [0.05, 0.1) is 12.3 Å². The minimum atomic E-state index is -0.884. The van der Waals surface area contributed by atoms with Gasteiger partial charge in [0.1, 0.15) is 17.5 Å². The van der Waals surface area contributed by atoms with Crippen LogP contribution >= 0.6 is 0 Å². The molecule has 6 nitrogen and oxygen atoms in total. The van der Waals surface area contributed by atoms with E-state index in [0.717, 1.165) is 31.4 Å². The molecule has 0 unspecified atom stereocenters. The van der Waals surface area contributed by atoms with Gasteiger partial charge in [-0.3, -0.25) is 0 Å². The molecule has 0 fully saturated rings. The number of nitriles is 1. The van der Waals surface area contributed by atoms with Gasteiger partial charge in [0, 0.05) is 5.56 Å². The lowest BCUT2D eigenvalue weighted by Gasteiger charge is -2.11. The monoisotopic (exact) mass is 347 g/mol. The summed E-state index contributed by atoms with van der Waals surface area (Å²) in [5, 5.41) is 9.17. The molecule has 0 atom stereocenters. The molecular formula is C17H19F2N5O. The van der Waals surface area contributed by atoms with Crippen LogP contribution in [0.5, 0.6) is 5.75 Å². The SMILES string of the molecule is CCCCCCOc1c(F)cc(-c2nc(N)nc(N)c2C#N)cc1F. The van der Waals surface area contributed by atoms with Gasteiger partial charge in [-0.05, 0) is 18.6 Å². The summed E-state index contributed by atoms with van der Waals surface area (Å²) in [6.45, 7) is 2.30. The summed E-state index contributed by atoms with van der Waals surface area (Å²) < 4.78 is 33.7. The van der Waals surface area contributed by atoms with E-state index in [1.165, 1.54) is 0 Å². The zero-order valence-corrected chi connectivity index (χ0v) is 13.9. The van der Waals surface area contributed by atoms with Crippen LogP contribution in [0.3, 0.4) is 0 Å². The summed E-state index contributed by atoms with van der Waals surface area (Å²) in [5.74, 6) is -2.56. The third kappa shape index (κ3) is 4.32. The molecule has 132 valence electrons. The van der Waals surface area contributed by atoms with E-state index in [4.69, 9.17) is 21.5 Å². The molecule has 8 heteroatoms. The van der Waals surface area contributed by atoms with Crippen LogP contribution in [-0.4, -0.2) is 16.6 Å². The third-order valence-electron chi connectivity index (χ3n) is 3.58. The number of rotatable bonds is 7. The summed E-state index contributed by atoms with van der Waals surface area (Å²) in [6.07, 6.45) is 3.75. The van der Waals surface area contributed by atoms with Crippen molar-refractivity contribution in [3.05, 3.63) is 29.3 Å². The Balaban J connectivity index is 2.30. The maximum Gasteiger partial charge on any atom is 0.222 e. The number of aromatic nitrogens is 2. The minimum Gasteiger partial charge on any atom is -0.488 e. The van der Waals surface area contributed by atoms with E-state index in [0.29, 0.717) is 6.42 Å². The fourth-order valence-corrected chi connectivity index (χ4v) is 2.35. The quantitative estimate of drug-likeness (QED) is 0.742. The van der Waals surface area contributed by atoms with Gasteiger partial charge in [-0.25, -0.2) is 13.8 Å². The van der Waals surface area contributed by atoms with E-state index in [1.54, 1.807) is 0 Å². The molecule has 0 amide bonds. The Labute approximate surface area is 144 Å². The van der Waals surface area contributed by atoms with Crippen molar-refractivity contribution in [2.24, 2.45) is 0 Å². The highest BCUT2D eigenvalue weighted by Gasteiger charge is 2.18. The summed E-state index contributed by atoms with van der Waals surface area (Å²) >= 11 is 0. The zero-order chi connectivity index (χ0) is 18.4. The van der Waals surface area contributed by atoms with Crippen molar-refractivity contribution in [1.82, 2.24) is 9.97 Å². The highest BCUT2D eigenvalue weighted by molar-refractivity contribution is 5.73. The number of nitrogens with zero attached hydrogens (tertiary/aromatic N) is 3. The molecule has 0 bridgehead atoms. The number of nitrogen functional groups attached to an aromatic ring is 2. The van der Waals surface area contributed by atoms with Crippen LogP contribution < -0.4 is 16.2 Å². The second-order valence-corrected chi connectivity index (χ2v) is 5.48. The number of hydrogen-bond acceptors (Lipinski definition) is 6. The Morgan fingerprint density at radius 2 is 1.80 bits per heavy atom. The van der Waals surface area contributed by atoms with Crippen molar-refractivity contribution in [2.75, 3.05) is 18.1 Å². The van der Waals surface area contributed by atoms with Crippen molar-refractivity contribution in [3.63, 3.8) is 0 Å². The van der Waals surface area contributed by atoms with Gasteiger partial charge in [-0.1, -0.05) is 26.2 Å². The first-order chi connectivity index (χ1) is 12.0. The number of ether oxygens (including phenoxy) is 1. The Morgan fingerprint density at radius 3 is 2.40 bits per heavy atom. The van der Waals surface area contributed by atoms with Crippen LogP contribution in [0.2, 0.25) is 0 Å². The molecule has 0 aliphatic rings. The Morgan fingerprint density at radius 1 is 1.12 bits per heavy atom. The fraction of sp³-hybridized carbons (Fsp3) is 0.353. The summed E-state index contributed by atoms with van der Waals surface area (Å²) in [6, 6.07) is 3.88. The molecule has 0 radical (unpaired) electrons. The van der Waals surface area contributed by atoms with E-state index in [9.17, 15) is 8.78 Å². The first kappa shape index (κ1) is 18.4. The molecular weight excluding hydrogens is 328 g/mol. The van der Waals surface area contributed by atoms with Crippen molar-refractivity contribution in [1.29, 1.82) is 5.26 Å². The smallest absolute Gasteiger partial charge is 0.222 e. The standard InChI is InChI=1S/C17H19F2N5O/c1-2-3-4-5-6-25-15-12(18)7-10(8-13(15)19)14-11(9-20)16(21)24-17(22)23-14/h7-8H,2-6H2,1H3,(H4,21,22,23,24). The largest absolute Gasteiger partial charge is 0.488 e. The fourth-order valence-electron chi connectivity index (χ4n) is 2.35. The van der Waals surface area contributed by atoms with Crippen LogP contribution in [0.4, 0.5) is 20.5 Å². The first-order valence-corrected chi connectivity index (χ1v) is 7.93. The lowest BCUT2D eigenvalue weighted by atomic mass is 10.1. The Hall–Kier alpha value is -2.95. The van der Waals surface area contributed by atoms with Gasteiger partial charge in [0.2, 0.25) is 5.95 Å². The predicted octanol–water partition coefficient (Wildman–Crippen LogP) is 3.42. The number of benzene rings is 1. The normalized spacial score (nSPS) is 10.5. The highest BCUT2D eigenvalue weighted by atomic mass is 19.1. The summed E-state index contributed by atoms with van der Waals surface area (Å²) in [5.41, 5.74) is 11.0. The predicted molar refractivity (Wildman–Crippen MR) is 90.6 cm³/mol. The molecule has 0 saturated heterocycles.